The summed E-state index contributed by atoms with van der Waals surface area (Å²) in [5.41, 5.74) is 1.47. The van der Waals surface area contributed by atoms with Crippen molar-refractivity contribution in [1.29, 1.82) is 0 Å². The van der Waals surface area contributed by atoms with Gasteiger partial charge in [-0.1, -0.05) is 17.8 Å². The number of carbonyl (C=O) groups excluding carboxylic acids is 1. The fraction of sp³-hybridized carbons (Fsp3) is 0.467. The van der Waals surface area contributed by atoms with Gasteiger partial charge in [-0.2, -0.15) is 0 Å². The maximum atomic E-state index is 12.2. The van der Waals surface area contributed by atoms with Gasteiger partial charge in [0.1, 0.15) is 5.75 Å². The molecular weight excluding hydrogens is 314 g/mol. The van der Waals surface area contributed by atoms with Crippen molar-refractivity contribution < 1.29 is 9.53 Å². The smallest absolute Gasteiger partial charge is 0.234 e. The topological polar surface area (TPSA) is 81.9 Å². The van der Waals surface area contributed by atoms with Gasteiger partial charge in [0, 0.05) is 0 Å². The predicted octanol–water partition coefficient (Wildman–Crippen LogP) is 2.48. The van der Waals surface area contributed by atoms with Crippen LogP contribution in [0.5, 0.6) is 5.75 Å². The molecular formula is C15H21N5O2S. The summed E-state index contributed by atoms with van der Waals surface area (Å²) in [6.45, 7) is 7.97. The fourth-order valence-corrected chi connectivity index (χ4v) is 2.79. The van der Waals surface area contributed by atoms with Crippen LogP contribution in [0.15, 0.2) is 23.4 Å². The second kappa shape index (κ2) is 6.99. The molecule has 0 spiro atoms. The number of nitrogens with one attached hydrogen (secondary N) is 1. The van der Waals surface area contributed by atoms with Gasteiger partial charge < -0.3 is 10.1 Å². The summed E-state index contributed by atoms with van der Waals surface area (Å²) in [5, 5.41) is 15.1. The maximum absolute atomic E-state index is 12.2. The van der Waals surface area contributed by atoms with Gasteiger partial charge in [0.25, 0.3) is 0 Å². The van der Waals surface area contributed by atoms with E-state index in [9.17, 15) is 4.79 Å². The Kier molecular flexibility index (Phi) is 5.25. The Morgan fingerprint density at radius 2 is 2.13 bits per heavy atom. The summed E-state index contributed by atoms with van der Waals surface area (Å²) in [6, 6.07) is 5.64. The van der Waals surface area contributed by atoms with E-state index in [1.165, 1.54) is 11.8 Å². The minimum absolute atomic E-state index is 0.137. The van der Waals surface area contributed by atoms with Crippen LogP contribution < -0.4 is 10.1 Å². The number of benzene rings is 1. The van der Waals surface area contributed by atoms with Crippen molar-refractivity contribution in [1.82, 2.24) is 20.2 Å². The van der Waals surface area contributed by atoms with Gasteiger partial charge in [-0.05, 0) is 55.8 Å². The molecule has 1 N–H and O–H groups in total. The van der Waals surface area contributed by atoms with Crippen LogP contribution in [0, 0.1) is 6.92 Å². The van der Waals surface area contributed by atoms with E-state index in [1.54, 1.807) is 11.8 Å². The van der Waals surface area contributed by atoms with E-state index >= 15 is 0 Å². The number of nitrogens with zero attached hydrogens (tertiary/aromatic N) is 4. The first-order valence-electron chi connectivity index (χ1n) is 7.17. The van der Waals surface area contributed by atoms with Crippen molar-refractivity contribution in [2.24, 2.45) is 0 Å². The van der Waals surface area contributed by atoms with Gasteiger partial charge >= 0.3 is 0 Å². The summed E-state index contributed by atoms with van der Waals surface area (Å²) in [4.78, 5) is 12.2. The highest BCUT2D eigenvalue weighted by molar-refractivity contribution is 7.99. The van der Waals surface area contributed by atoms with Crippen molar-refractivity contribution in [2.45, 2.75) is 38.4 Å². The molecule has 7 nitrogen and oxygen atoms in total. The molecule has 0 fully saturated rings. The van der Waals surface area contributed by atoms with Crippen LogP contribution in [0.25, 0.3) is 0 Å². The number of hydrogen-bond donors (Lipinski definition) is 1. The average molecular weight is 335 g/mol. The van der Waals surface area contributed by atoms with Crippen molar-refractivity contribution in [2.75, 3.05) is 18.2 Å². The monoisotopic (exact) mass is 335 g/mol. The van der Waals surface area contributed by atoms with E-state index in [4.69, 9.17) is 4.74 Å². The van der Waals surface area contributed by atoms with E-state index in [-0.39, 0.29) is 17.2 Å². The number of thioether (sulfide) groups is 1. The average Bonchev–Trinajstić information content (AvgIpc) is 2.94. The second-order valence-corrected chi connectivity index (χ2v) is 7.03. The number of rotatable bonds is 5. The van der Waals surface area contributed by atoms with Crippen LogP contribution in [0.4, 0.5) is 5.69 Å². The van der Waals surface area contributed by atoms with E-state index < -0.39 is 0 Å². The molecule has 0 aliphatic rings. The molecule has 0 radical (unpaired) electrons. The lowest BCUT2D eigenvalue weighted by atomic mass is 10.1. The van der Waals surface area contributed by atoms with Crippen LogP contribution in [-0.4, -0.2) is 39.0 Å². The first-order chi connectivity index (χ1) is 10.8. The zero-order valence-electron chi connectivity index (χ0n) is 14.0. The molecule has 2 rings (SSSR count). The predicted molar refractivity (Wildman–Crippen MR) is 89.9 cm³/mol. The van der Waals surface area contributed by atoms with Gasteiger partial charge in [-0.3, -0.25) is 4.79 Å². The summed E-state index contributed by atoms with van der Waals surface area (Å²) in [7, 11) is 1.58. The lowest BCUT2D eigenvalue weighted by Gasteiger charge is -2.19. The number of methoxy groups -OCH3 is 1. The Morgan fingerprint density at radius 1 is 1.39 bits per heavy atom. The Balaban J connectivity index is 2.02. The van der Waals surface area contributed by atoms with Gasteiger partial charge in [0.05, 0.1) is 24.1 Å². The second-order valence-electron chi connectivity index (χ2n) is 6.08. The van der Waals surface area contributed by atoms with Gasteiger partial charge in [-0.15, -0.1) is 5.10 Å². The Morgan fingerprint density at radius 3 is 2.78 bits per heavy atom. The number of carbonyl (C=O) groups is 1. The lowest BCUT2D eigenvalue weighted by Crippen LogP contribution is -2.24. The number of ether oxygens (including phenoxy) is 1. The number of aromatic nitrogens is 4. The molecule has 0 saturated carbocycles. The molecule has 8 heteroatoms. The molecule has 1 heterocycles. The largest absolute Gasteiger partial charge is 0.495 e. The van der Waals surface area contributed by atoms with Gasteiger partial charge in [0.2, 0.25) is 11.1 Å². The molecule has 1 amide bonds. The fourth-order valence-electron chi connectivity index (χ4n) is 1.93. The third-order valence-corrected chi connectivity index (χ3v) is 3.96. The van der Waals surface area contributed by atoms with E-state index in [0.29, 0.717) is 16.6 Å². The highest BCUT2D eigenvalue weighted by Gasteiger charge is 2.20. The first kappa shape index (κ1) is 17.3. The molecule has 0 saturated heterocycles. The molecule has 0 aliphatic heterocycles. The molecule has 0 unspecified atom stereocenters. The Hall–Kier alpha value is -2.09. The standard InChI is InChI=1S/C15H21N5O2S/c1-10-6-7-12(22-5)11(8-10)16-13(21)9-23-14-17-18-19-20(14)15(2,3)4/h6-8H,9H2,1-5H3,(H,16,21). The molecule has 23 heavy (non-hydrogen) atoms. The number of anilines is 1. The molecule has 1 aromatic heterocycles. The first-order valence-corrected chi connectivity index (χ1v) is 8.16. The van der Waals surface area contributed by atoms with Crippen LogP contribution >= 0.6 is 11.8 Å². The van der Waals surface area contributed by atoms with Crippen LogP contribution in [-0.2, 0) is 10.3 Å². The van der Waals surface area contributed by atoms with Crippen LogP contribution in [0.1, 0.15) is 26.3 Å². The van der Waals surface area contributed by atoms with Crippen molar-refractivity contribution in [3.8, 4) is 5.75 Å². The number of amides is 1. The highest BCUT2D eigenvalue weighted by Crippen LogP contribution is 2.26. The zero-order chi connectivity index (χ0) is 17.0. The van der Waals surface area contributed by atoms with E-state index in [0.717, 1.165) is 5.56 Å². The third-order valence-electron chi connectivity index (χ3n) is 3.04. The number of aryl methyl sites for hydroxylation is 1. The number of hydrogen-bond acceptors (Lipinski definition) is 6. The van der Waals surface area contributed by atoms with Crippen LogP contribution in [0.2, 0.25) is 0 Å². The molecule has 0 bridgehead atoms. The Labute approximate surface area is 139 Å². The van der Waals surface area contributed by atoms with E-state index in [1.807, 2.05) is 45.9 Å². The van der Waals surface area contributed by atoms with Crippen LogP contribution in [0.3, 0.4) is 0 Å². The molecule has 1 aromatic carbocycles. The molecule has 0 aliphatic carbocycles. The maximum Gasteiger partial charge on any atom is 0.234 e. The molecule has 2 aromatic rings. The minimum atomic E-state index is -0.234. The normalized spacial score (nSPS) is 11.3. The van der Waals surface area contributed by atoms with Crippen molar-refractivity contribution in [3.05, 3.63) is 23.8 Å². The molecule has 124 valence electrons. The highest BCUT2D eigenvalue weighted by atomic mass is 32.2. The van der Waals surface area contributed by atoms with Gasteiger partial charge in [0.15, 0.2) is 0 Å². The summed E-state index contributed by atoms with van der Waals surface area (Å²) in [5.74, 6) is 0.712. The van der Waals surface area contributed by atoms with E-state index in [2.05, 4.69) is 20.8 Å². The number of tetrazole rings is 1. The summed E-state index contributed by atoms with van der Waals surface area (Å²) >= 11 is 1.30. The summed E-state index contributed by atoms with van der Waals surface area (Å²) < 4.78 is 6.96. The summed E-state index contributed by atoms with van der Waals surface area (Å²) in [6.07, 6.45) is 0. The quantitative estimate of drug-likeness (QED) is 0.845. The van der Waals surface area contributed by atoms with Crippen molar-refractivity contribution in [3.63, 3.8) is 0 Å². The van der Waals surface area contributed by atoms with Gasteiger partial charge in [-0.25, -0.2) is 4.68 Å². The minimum Gasteiger partial charge on any atom is -0.495 e. The SMILES string of the molecule is COc1ccc(C)cc1NC(=O)CSc1nnnn1C(C)(C)C. The third kappa shape index (κ3) is 4.44. The lowest BCUT2D eigenvalue weighted by molar-refractivity contribution is -0.113. The zero-order valence-corrected chi connectivity index (χ0v) is 14.8. The Bertz CT molecular complexity index is 693. The molecule has 0 atom stereocenters. The van der Waals surface area contributed by atoms with Crippen molar-refractivity contribution >= 4 is 23.4 Å².